The van der Waals surface area contributed by atoms with E-state index in [0.717, 1.165) is 50.6 Å². The largest absolute Gasteiger partial charge is 0.374 e. The Balaban J connectivity index is 2.08. The Hall–Kier alpha value is -0.870. The maximum absolute atomic E-state index is 6.59. The van der Waals surface area contributed by atoms with E-state index >= 15 is 0 Å². The lowest BCUT2D eigenvalue weighted by atomic mass is 9.74. The summed E-state index contributed by atoms with van der Waals surface area (Å²) in [6.45, 7) is 8.35. The Labute approximate surface area is 129 Å². The molecular weight excluding hydrogens is 262 g/mol. The molecule has 120 valence electrons. The van der Waals surface area contributed by atoms with E-state index in [2.05, 4.69) is 36.5 Å². The predicted octanol–water partition coefficient (Wildman–Crippen LogP) is 3.15. The summed E-state index contributed by atoms with van der Waals surface area (Å²) >= 11 is 0. The van der Waals surface area contributed by atoms with E-state index in [9.17, 15) is 0 Å². The Bertz CT molecular complexity index is 421. The van der Waals surface area contributed by atoms with Crippen molar-refractivity contribution >= 4 is 0 Å². The first-order chi connectivity index (χ1) is 10.1. The minimum Gasteiger partial charge on any atom is -0.374 e. The number of imidazole rings is 1. The molecule has 2 rings (SSSR count). The summed E-state index contributed by atoms with van der Waals surface area (Å²) in [6.07, 6.45) is 10.5. The fourth-order valence-corrected chi connectivity index (χ4v) is 3.52. The maximum Gasteiger partial charge on any atom is 0.110 e. The van der Waals surface area contributed by atoms with Crippen molar-refractivity contribution in [3.05, 3.63) is 18.2 Å². The van der Waals surface area contributed by atoms with Crippen LogP contribution in [0.4, 0.5) is 0 Å². The summed E-state index contributed by atoms with van der Waals surface area (Å²) in [5, 5.41) is 0. The van der Waals surface area contributed by atoms with Crippen LogP contribution in [0.1, 0.15) is 58.7 Å². The van der Waals surface area contributed by atoms with Gasteiger partial charge in [0.1, 0.15) is 5.82 Å². The number of nitrogens with two attached hydrogens (primary N) is 1. The van der Waals surface area contributed by atoms with Crippen molar-refractivity contribution in [1.29, 1.82) is 0 Å². The van der Waals surface area contributed by atoms with E-state index in [1.807, 2.05) is 6.20 Å². The van der Waals surface area contributed by atoms with Crippen LogP contribution in [0.5, 0.6) is 0 Å². The monoisotopic (exact) mass is 293 g/mol. The molecule has 0 spiro atoms. The molecule has 21 heavy (non-hydrogen) atoms. The second-order valence-corrected chi connectivity index (χ2v) is 6.53. The molecule has 1 atom stereocenters. The average molecular weight is 293 g/mol. The lowest BCUT2D eigenvalue weighted by molar-refractivity contribution is -0.0887. The van der Waals surface area contributed by atoms with Gasteiger partial charge in [0.25, 0.3) is 0 Å². The molecule has 0 aliphatic heterocycles. The van der Waals surface area contributed by atoms with Gasteiger partial charge in [-0.2, -0.15) is 0 Å². The second-order valence-electron chi connectivity index (χ2n) is 6.53. The van der Waals surface area contributed by atoms with Gasteiger partial charge in [0.2, 0.25) is 0 Å². The molecular formula is C17H31N3O. The molecule has 1 aliphatic rings. The number of aryl methyl sites for hydroxylation is 1. The summed E-state index contributed by atoms with van der Waals surface area (Å²) in [5.41, 5.74) is 6.44. The van der Waals surface area contributed by atoms with Gasteiger partial charge in [-0.05, 0) is 44.9 Å². The van der Waals surface area contributed by atoms with Crippen LogP contribution in [0.25, 0.3) is 0 Å². The Morgan fingerprint density at radius 3 is 2.76 bits per heavy atom. The van der Waals surface area contributed by atoms with Gasteiger partial charge in [-0.25, -0.2) is 4.98 Å². The molecule has 0 amide bonds. The first-order valence-corrected chi connectivity index (χ1v) is 8.50. The minimum atomic E-state index is -0.149. The lowest BCUT2D eigenvalue weighted by Crippen LogP contribution is -2.53. The summed E-state index contributed by atoms with van der Waals surface area (Å²) < 4.78 is 8.39. The van der Waals surface area contributed by atoms with Crippen LogP contribution in [0.3, 0.4) is 0 Å². The zero-order valence-corrected chi connectivity index (χ0v) is 13.8. The Kier molecular flexibility index (Phi) is 5.82. The van der Waals surface area contributed by atoms with Gasteiger partial charge >= 0.3 is 0 Å². The topological polar surface area (TPSA) is 53.1 Å². The highest BCUT2D eigenvalue weighted by Crippen LogP contribution is 2.37. The third-order valence-corrected chi connectivity index (χ3v) is 4.90. The Morgan fingerprint density at radius 2 is 2.14 bits per heavy atom. The summed E-state index contributed by atoms with van der Waals surface area (Å²) in [7, 11) is 0. The van der Waals surface area contributed by atoms with Gasteiger partial charge in [-0.15, -0.1) is 0 Å². The number of ether oxygens (including phenoxy) is 1. The van der Waals surface area contributed by atoms with Crippen molar-refractivity contribution in [3.8, 4) is 0 Å². The van der Waals surface area contributed by atoms with Crippen LogP contribution >= 0.6 is 0 Å². The normalized spacial score (nSPS) is 27.7. The smallest absolute Gasteiger partial charge is 0.110 e. The molecule has 1 saturated carbocycles. The van der Waals surface area contributed by atoms with Crippen LogP contribution in [-0.2, 0) is 17.7 Å². The maximum atomic E-state index is 6.59. The molecule has 1 aromatic heterocycles. The van der Waals surface area contributed by atoms with Gasteiger partial charge in [0, 0.05) is 38.0 Å². The summed E-state index contributed by atoms with van der Waals surface area (Å²) in [4.78, 5) is 4.50. The zero-order chi connectivity index (χ0) is 15.3. The fourth-order valence-electron chi connectivity index (χ4n) is 3.52. The average Bonchev–Trinajstić information content (AvgIpc) is 2.89. The van der Waals surface area contributed by atoms with Crippen LogP contribution in [0.15, 0.2) is 12.4 Å². The molecule has 0 saturated heterocycles. The van der Waals surface area contributed by atoms with Gasteiger partial charge in [-0.1, -0.05) is 13.8 Å². The number of nitrogens with zero attached hydrogens (tertiary/aromatic N) is 2. The lowest BCUT2D eigenvalue weighted by Gasteiger charge is -2.43. The molecule has 4 nitrogen and oxygen atoms in total. The van der Waals surface area contributed by atoms with Crippen molar-refractivity contribution in [2.75, 3.05) is 6.61 Å². The molecule has 0 radical (unpaired) electrons. The van der Waals surface area contributed by atoms with Gasteiger partial charge in [-0.3, -0.25) is 0 Å². The zero-order valence-electron chi connectivity index (χ0n) is 13.8. The highest BCUT2D eigenvalue weighted by atomic mass is 16.5. The third-order valence-electron chi connectivity index (χ3n) is 4.90. The highest BCUT2D eigenvalue weighted by Gasteiger charge is 2.40. The van der Waals surface area contributed by atoms with Crippen molar-refractivity contribution in [1.82, 2.24) is 9.55 Å². The van der Waals surface area contributed by atoms with Gasteiger partial charge in [0.05, 0.1) is 5.60 Å². The molecule has 1 unspecified atom stereocenters. The molecule has 1 aromatic rings. The molecule has 0 bridgehead atoms. The predicted molar refractivity (Wildman–Crippen MR) is 86.2 cm³/mol. The minimum absolute atomic E-state index is 0.0305. The van der Waals surface area contributed by atoms with E-state index in [0.29, 0.717) is 0 Å². The molecule has 1 fully saturated rings. The van der Waals surface area contributed by atoms with Crippen LogP contribution in [0.2, 0.25) is 0 Å². The molecule has 2 N–H and O–H groups in total. The Morgan fingerprint density at radius 1 is 1.43 bits per heavy atom. The van der Waals surface area contributed by atoms with E-state index in [-0.39, 0.29) is 11.6 Å². The molecule has 4 heteroatoms. The van der Waals surface area contributed by atoms with E-state index in [1.165, 1.54) is 12.8 Å². The number of rotatable bonds is 7. The first-order valence-electron chi connectivity index (χ1n) is 8.50. The fraction of sp³-hybridized carbons (Fsp3) is 0.824. The van der Waals surface area contributed by atoms with E-state index in [4.69, 9.17) is 10.5 Å². The van der Waals surface area contributed by atoms with Gasteiger partial charge in [0.15, 0.2) is 0 Å². The van der Waals surface area contributed by atoms with Crippen LogP contribution in [-0.4, -0.2) is 27.8 Å². The van der Waals surface area contributed by atoms with Crippen LogP contribution < -0.4 is 5.73 Å². The van der Waals surface area contributed by atoms with E-state index in [1.54, 1.807) is 0 Å². The summed E-state index contributed by atoms with van der Waals surface area (Å²) in [5.74, 6) is 1.90. The van der Waals surface area contributed by atoms with Crippen molar-refractivity contribution in [2.24, 2.45) is 11.7 Å². The highest BCUT2D eigenvalue weighted by molar-refractivity contribution is 5.03. The number of hydrogen-bond acceptors (Lipinski definition) is 3. The molecule has 0 aromatic carbocycles. The number of aromatic nitrogens is 2. The van der Waals surface area contributed by atoms with Crippen molar-refractivity contribution < 1.29 is 4.74 Å². The van der Waals surface area contributed by atoms with Gasteiger partial charge < -0.3 is 15.0 Å². The number of hydrogen-bond donors (Lipinski definition) is 1. The SMILES string of the molecule is CCCn1ccnc1CC(N)C1(OCC)CCC(C)CC1. The standard InChI is InChI=1S/C17H31N3O/c1-4-11-20-12-10-19-16(20)13-15(18)17(21-5-2)8-6-14(3)7-9-17/h10,12,14-15H,4-9,11,13,18H2,1-3H3. The quantitative estimate of drug-likeness (QED) is 0.840. The van der Waals surface area contributed by atoms with E-state index < -0.39 is 0 Å². The second kappa shape index (κ2) is 7.41. The van der Waals surface area contributed by atoms with Crippen LogP contribution in [0, 0.1) is 5.92 Å². The third kappa shape index (κ3) is 3.86. The molecule has 1 aliphatic carbocycles. The van der Waals surface area contributed by atoms with Crippen molar-refractivity contribution in [2.45, 2.75) is 77.5 Å². The first kappa shape index (κ1) is 16.5. The summed E-state index contributed by atoms with van der Waals surface area (Å²) in [6, 6.07) is 0.0305. The molecule has 1 heterocycles. The van der Waals surface area contributed by atoms with Crippen molar-refractivity contribution in [3.63, 3.8) is 0 Å².